The van der Waals surface area contributed by atoms with Gasteiger partial charge in [-0.15, -0.1) is 34.8 Å². The summed E-state index contributed by atoms with van der Waals surface area (Å²) in [5.74, 6) is -1.57. The summed E-state index contributed by atoms with van der Waals surface area (Å²) in [5, 5.41) is 0. The summed E-state index contributed by atoms with van der Waals surface area (Å²) in [6.07, 6.45) is 4.21. The molecule has 4 nitrogen and oxygen atoms in total. The third-order valence-corrected chi connectivity index (χ3v) is 3.11. The highest BCUT2D eigenvalue weighted by atomic mass is 35.5. The molecule has 1 aliphatic rings. The molecule has 0 aromatic heterocycles. The van der Waals surface area contributed by atoms with E-state index < -0.39 is 10.7 Å². The van der Waals surface area contributed by atoms with Crippen molar-refractivity contribution in [1.29, 1.82) is 0 Å². The first-order valence-electron chi connectivity index (χ1n) is 4.65. The molecule has 90 valence electrons. The highest BCUT2D eigenvalue weighted by Gasteiger charge is 2.33. The molecule has 0 aliphatic heterocycles. The summed E-state index contributed by atoms with van der Waals surface area (Å²) >= 11 is 16.7. The summed E-state index contributed by atoms with van der Waals surface area (Å²) in [4.78, 5) is 21.8. The zero-order valence-electron chi connectivity index (χ0n) is 8.25. The second-order valence-corrected chi connectivity index (χ2v) is 4.78. The minimum atomic E-state index is -0.641. The number of carbonyl (C=O) groups is 2. The molecule has 0 bridgehead atoms. The Morgan fingerprint density at radius 3 is 2.62 bits per heavy atom. The van der Waals surface area contributed by atoms with Crippen molar-refractivity contribution in [3.05, 3.63) is 12.2 Å². The molecular formula is C9H11Cl3N2O2. The van der Waals surface area contributed by atoms with Gasteiger partial charge >= 0.3 is 0 Å². The number of rotatable bonds is 3. The van der Waals surface area contributed by atoms with E-state index in [1.807, 2.05) is 6.08 Å². The van der Waals surface area contributed by atoms with E-state index in [4.69, 9.17) is 34.8 Å². The molecule has 2 amide bonds. The molecule has 2 atom stereocenters. The van der Waals surface area contributed by atoms with Crippen LogP contribution in [0.1, 0.15) is 6.42 Å². The minimum absolute atomic E-state index is 0.208. The molecule has 0 aromatic rings. The predicted octanol–water partition coefficient (Wildman–Crippen LogP) is 1.37. The standard InChI is InChI=1S/C9H11Cl3N2O2/c10-4-7(15)13-14-9(16)6-3-1-2-5(6)8(11)12/h1-2,5-6,8H,3-4H2,(H,13,15)(H,14,16)/t5-,6+/m1/s1. The third-order valence-electron chi connectivity index (χ3n) is 2.29. The zero-order valence-corrected chi connectivity index (χ0v) is 10.5. The molecular weight excluding hydrogens is 274 g/mol. The monoisotopic (exact) mass is 284 g/mol. The van der Waals surface area contributed by atoms with Crippen molar-refractivity contribution in [2.24, 2.45) is 11.8 Å². The smallest absolute Gasteiger partial charge is 0.253 e. The molecule has 0 saturated carbocycles. The molecule has 7 heteroatoms. The van der Waals surface area contributed by atoms with Gasteiger partial charge in [0.15, 0.2) is 0 Å². The van der Waals surface area contributed by atoms with Gasteiger partial charge < -0.3 is 0 Å². The van der Waals surface area contributed by atoms with E-state index in [1.54, 1.807) is 6.08 Å². The van der Waals surface area contributed by atoms with Gasteiger partial charge in [-0.3, -0.25) is 20.4 Å². The van der Waals surface area contributed by atoms with E-state index in [-0.39, 0.29) is 23.6 Å². The molecule has 0 spiro atoms. The normalized spacial score (nSPS) is 23.5. The van der Waals surface area contributed by atoms with Crippen molar-refractivity contribution in [2.75, 3.05) is 5.88 Å². The Bertz CT molecular complexity index is 307. The number of halogens is 3. The number of nitrogens with one attached hydrogen (secondary N) is 2. The van der Waals surface area contributed by atoms with Gasteiger partial charge in [0.25, 0.3) is 5.91 Å². The van der Waals surface area contributed by atoms with Crippen molar-refractivity contribution in [3.8, 4) is 0 Å². The van der Waals surface area contributed by atoms with Crippen molar-refractivity contribution < 1.29 is 9.59 Å². The van der Waals surface area contributed by atoms with Gasteiger partial charge in [0.2, 0.25) is 5.91 Å². The number of allylic oxidation sites excluding steroid dienone is 2. The van der Waals surface area contributed by atoms with Crippen molar-refractivity contribution in [3.63, 3.8) is 0 Å². The minimum Gasteiger partial charge on any atom is -0.273 e. The van der Waals surface area contributed by atoms with Gasteiger partial charge in [-0.1, -0.05) is 12.2 Å². The van der Waals surface area contributed by atoms with E-state index in [9.17, 15) is 9.59 Å². The molecule has 16 heavy (non-hydrogen) atoms. The highest BCUT2D eigenvalue weighted by molar-refractivity contribution is 6.44. The number of hydrogen-bond acceptors (Lipinski definition) is 2. The van der Waals surface area contributed by atoms with Crippen LogP contribution in [-0.4, -0.2) is 22.5 Å². The molecule has 0 radical (unpaired) electrons. The van der Waals surface area contributed by atoms with Crippen LogP contribution in [0.5, 0.6) is 0 Å². The Balaban J connectivity index is 2.45. The fourth-order valence-electron chi connectivity index (χ4n) is 1.47. The lowest BCUT2D eigenvalue weighted by atomic mass is 9.96. The lowest BCUT2D eigenvalue weighted by Gasteiger charge is -2.19. The average Bonchev–Trinajstić information content (AvgIpc) is 2.74. The molecule has 1 rings (SSSR count). The lowest BCUT2D eigenvalue weighted by molar-refractivity contribution is -0.130. The van der Waals surface area contributed by atoms with Crippen molar-refractivity contribution >= 4 is 46.6 Å². The second-order valence-electron chi connectivity index (χ2n) is 3.35. The van der Waals surface area contributed by atoms with Gasteiger partial charge in [0.05, 0.1) is 5.92 Å². The van der Waals surface area contributed by atoms with Gasteiger partial charge in [-0.2, -0.15) is 0 Å². The maximum absolute atomic E-state index is 11.7. The van der Waals surface area contributed by atoms with Crippen LogP contribution in [0, 0.1) is 11.8 Å². The van der Waals surface area contributed by atoms with E-state index >= 15 is 0 Å². The van der Waals surface area contributed by atoms with E-state index in [0.717, 1.165) is 0 Å². The summed E-state index contributed by atoms with van der Waals surface area (Å²) < 4.78 is 0. The fraction of sp³-hybridized carbons (Fsp3) is 0.556. The SMILES string of the molecule is O=C(CCl)NNC(=O)[C@H]1CC=C[C@H]1C(Cl)Cl. The predicted molar refractivity (Wildman–Crippen MR) is 63.2 cm³/mol. The molecule has 0 fully saturated rings. The number of hydrogen-bond donors (Lipinski definition) is 2. The Morgan fingerprint density at radius 1 is 1.38 bits per heavy atom. The number of amides is 2. The van der Waals surface area contributed by atoms with Crippen molar-refractivity contribution in [1.82, 2.24) is 10.9 Å². The van der Waals surface area contributed by atoms with E-state index in [2.05, 4.69) is 10.9 Å². The van der Waals surface area contributed by atoms with Crippen LogP contribution in [0.25, 0.3) is 0 Å². The Morgan fingerprint density at radius 2 is 2.06 bits per heavy atom. The van der Waals surface area contributed by atoms with Crippen LogP contribution in [0.2, 0.25) is 0 Å². The van der Waals surface area contributed by atoms with Crippen LogP contribution in [0.3, 0.4) is 0 Å². The number of carbonyl (C=O) groups excluding carboxylic acids is 2. The zero-order chi connectivity index (χ0) is 12.1. The first-order chi connectivity index (χ1) is 7.56. The molecule has 0 heterocycles. The van der Waals surface area contributed by atoms with Gasteiger partial charge in [-0.25, -0.2) is 0 Å². The third kappa shape index (κ3) is 3.54. The summed E-state index contributed by atoms with van der Waals surface area (Å²) in [6.45, 7) is 0. The van der Waals surface area contributed by atoms with E-state index in [1.165, 1.54) is 0 Å². The molecule has 0 saturated heterocycles. The van der Waals surface area contributed by atoms with Crippen LogP contribution >= 0.6 is 34.8 Å². The van der Waals surface area contributed by atoms with E-state index in [0.29, 0.717) is 6.42 Å². The van der Waals surface area contributed by atoms with Gasteiger partial charge in [0.1, 0.15) is 10.7 Å². The molecule has 0 aromatic carbocycles. The topological polar surface area (TPSA) is 58.2 Å². The number of alkyl halides is 3. The van der Waals surface area contributed by atoms with Crippen LogP contribution in [0.15, 0.2) is 12.2 Å². The van der Waals surface area contributed by atoms with Crippen LogP contribution in [0.4, 0.5) is 0 Å². The summed E-state index contributed by atoms with van der Waals surface area (Å²) in [7, 11) is 0. The Hall–Kier alpha value is -0.450. The maximum Gasteiger partial charge on any atom is 0.253 e. The van der Waals surface area contributed by atoms with Crippen LogP contribution in [-0.2, 0) is 9.59 Å². The highest BCUT2D eigenvalue weighted by Crippen LogP contribution is 2.32. The Labute approximate surface area is 108 Å². The van der Waals surface area contributed by atoms with Crippen LogP contribution < -0.4 is 10.9 Å². The summed E-state index contributed by atoms with van der Waals surface area (Å²) in [6, 6.07) is 0. The molecule has 0 unspecified atom stereocenters. The quantitative estimate of drug-likeness (QED) is 0.467. The maximum atomic E-state index is 11.7. The second kappa shape index (κ2) is 6.33. The number of hydrazine groups is 1. The summed E-state index contributed by atoms with van der Waals surface area (Å²) in [5.41, 5.74) is 4.46. The molecule has 1 aliphatic carbocycles. The fourth-order valence-corrected chi connectivity index (χ4v) is 2.06. The lowest BCUT2D eigenvalue weighted by Crippen LogP contribution is -2.46. The van der Waals surface area contributed by atoms with Gasteiger partial charge in [-0.05, 0) is 6.42 Å². The first-order valence-corrected chi connectivity index (χ1v) is 6.06. The molecule has 2 N–H and O–H groups in total. The first kappa shape index (κ1) is 13.6. The largest absolute Gasteiger partial charge is 0.273 e. The Kier molecular flexibility index (Phi) is 5.38. The van der Waals surface area contributed by atoms with Gasteiger partial charge in [0, 0.05) is 5.92 Å². The van der Waals surface area contributed by atoms with Crippen molar-refractivity contribution in [2.45, 2.75) is 11.3 Å². The average molecular weight is 286 g/mol.